The molecule has 1 aliphatic heterocycles. The number of imidazole rings is 1. The minimum Gasteiger partial charge on any atom is -0.384 e. The Morgan fingerprint density at radius 2 is 2.15 bits per heavy atom. The monoisotopic (exact) mass is 476 g/mol. The molecule has 1 aromatic heterocycles. The summed E-state index contributed by atoms with van der Waals surface area (Å²) in [6.45, 7) is 7.57. The van der Waals surface area contributed by atoms with E-state index >= 15 is 0 Å². The number of hydrogen-bond acceptors (Lipinski definition) is 5. The first-order chi connectivity index (χ1) is 16.4. The van der Waals surface area contributed by atoms with Crippen LogP contribution < -0.4 is 5.73 Å². The summed E-state index contributed by atoms with van der Waals surface area (Å²) in [5, 5.41) is 10.2. The van der Waals surface area contributed by atoms with E-state index in [0.717, 1.165) is 18.2 Å². The fraction of sp³-hybridized carbons (Fsp3) is 0.520. The van der Waals surface area contributed by atoms with Gasteiger partial charge in [-0.3, -0.25) is 4.79 Å². The number of aliphatic hydroxyl groups is 1. The summed E-state index contributed by atoms with van der Waals surface area (Å²) in [6, 6.07) is 2.78. The highest BCUT2D eigenvalue weighted by molar-refractivity contribution is 5.80. The largest absolute Gasteiger partial charge is 0.384 e. The molecular formula is C25H34F2N4O3. The highest BCUT2D eigenvalue weighted by Crippen LogP contribution is 2.37. The summed E-state index contributed by atoms with van der Waals surface area (Å²) < 4.78 is 36.0. The number of nitrogens with two attached hydrogens (primary N) is 1. The number of halogens is 2. The number of nitrogens with zero attached hydrogens (tertiary/aromatic N) is 3. The Labute approximate surface area is 199 Å². The maximum absolute atomic E-state index is 14.6. The van der Waals surface area contributed by atoms with Crippen LogP contribution in [0.4, 0.5) is 8.78 Å². The van der Waals surface area contributed by atoms with E-state index in [2.05, 4.69) is 6.58 Å². The van der Waals surface area contributed by atoms with Crippen LogP contribution in [0.25, 0.3) is 11.3 Å². The smallest absolute Gasteiger partial charge is 0.251 e. The summed E-state index contributed by atoms with van der Waals surface area (Å²) in [6.07, 6.45) is 4.85. The summed E-state index contributed by atoms with van der Waals surface area (Å²) in [5.41, 5.74) is 6.09. The lowest BCUT2D eigenvalue weighted by atomic mass is 9.89. The highest BCUT2D eigenvalue weighted by Gasteiger charge is 2.37. The summed E-state index contributed by atoms with van der Waals surface area (Å²) >= 11 is 0. The standard InChI is InChI=1S/C25H34F2N4O3/c1-3-4-11-30-16-22(20-15-19(26)6-7-21(20)27)29-24(30)23(18-8-13-34-14-9-18)31(12-5-10-28)25(33)17(2)32/h3,6-7,15-18,23,32H,1,4-5,8-14,28H2,2H3/t17-,23?/m0/s1. The summed E-state index contributed by atoms with van der Waals surface area (Å²) in [7, 11) is 0. The fourth-order valence-corrected chi connectivity index (χ4v) is 4.42. The summed E-state index contributed by atoms with van der Waals surface area (Å²) in [4.78, 5) is 19.5. The third kappa shape index (κ3) is 6.08. The SMILES string of the molecule is C=CCCn1cc(-c2cc(F)ccc2F)nc1C(C1CCOCC1)N(CCCN)C(=O)[C@H](C)O. The van der Waals surface area contributed by atoms with Gasteiger partial charge in [0.15, 0.2) is 0 Å². The number of carbonyl (C=O) groups excluding carboxylic acids is 1. The van der Waals surface area contributed by atoms with Crippen LogP contribution in [-0.2, 0) is 16.1 Å². The molecule has 0 radical (unpaired) electrons. The molecule has 7 nitrogen and oxygen atoms in total. The molecule has 2 aromatic rings. The second kappa shape index (κ2) is 12.2. The van der Waals surface area contributed by atoms with Gasteiger partial charge in [0.2, 0.25) is 0 Å². The lowest BCUT2D eigenvalue weighted by Gasteiger charge is -2.39. The predicted molar refractivity (Wildman–Crippen MR) is 126 cm³/mol. The molecule has 2 atom stereocenters. The van der Waals surface area contributed by atoms with Crippen molar-refractivity contribution in [3.63, 3.8) is 0 Å². The molecule has 9 heteroatoms. The Bertz CT molecular complexity index is 973. The van der Waals surface area contributed by atoms with E-state index < -0.39 is 29.7 Å². The first kappa shape index (κ1) is 26.0. The van der Waals surface area contributed by atoms with Gasteiger partial charge >= 0.3 is 0 Å². The van der Waals surface area contributed by atoms with Crippen molar-refractivity contribution in [2.75, 3.05) is 26.3 Å². The third-order valence-electron chi connectivity index (χ3n) is 6.14. The van der Waals surface area contributed by atoms with Crippen molar-refractivity contribution in [2.24, 2.45) is 11.7 Å². The molecule has 1 fully saturated rings. The minimum absolute atomic E-state index is 0.0179. The van der Waals surface area contributed by atoms with Gasteiger partial charge < -0.3 is 25.0 Å². The number of allylic oxidation sites excluding steroid dienone is 1. The zero-order valence-corrected chi connectivity index (χ0v) is 19.6. The zero-order valence-electron chi connectivity index (χ0n) is 19.6. The molecule has 3 rings (SSSR count). The van der Waals surface area contributed by atoms with Gasteiger partial charge in [-0.15, -0.1) is 6.58 Å². The van der Waals surface area contributed by atoms with E-state index in [-0.39, 0.29) is 17.2 Å². The number of ether oxygens (including phenoxy) is 1. The lowest BCUT2D eigenvalue weighted by Crippen LogP contribution is -2.46. The van der Waals surface area contributed by atoms with Gasteiger partial charge in [-0.1, -0.05) is 6.08 Å². The number of aliphatic hydroxyl groups excluding tert-OH is 1. The maximum Gasteiger partial charge on any atom is 0.251 e. The number of benzene rings is 1. The molecule has 0 spiro atoms. The Hall–Kier alpha value is -2.62. The van der Waals surface area contributed by atoms with Crippen LogP contribution in [0, 0.1) is 17.6 Å². The Morgan fingerprint density at radius 3 is 2.79 bits per heavy atom. The van der Waals surface area contributed by atoms with E-state index in [1.807, 2.05) is 4.57 Å². The third-order valence-corrected chi connectivity index (χ3v) is 6.14. The van der Waals surface area contributed by atoms with Crippen LogP contribution in [0.15, 0.2) is 37.1 Å². The first-order valence-electron chi connectivity index (χ1n) is 11.8. The second-order valence-corrected chi connectivity index (χ2v) is 8.62. The van der Waals surface area contributed by atoms with Gasteiger partial charge in [0.05, 0.1) is 11.7 Å². The van der Waals surface area contributed by atoms with Gasteiger partial charge in [-0.05, 0) is 63.3 Å². The molecular weight excluding hydrogens is 442 g/mol. The van der Waals surface area contributed by atoms with Gasteiger partial charge in [0.1, 0.15) is 23.6 Å². The van der Waals surface area contributed by atoms with Crippen molar-refractivity contribution in [1.29, 1.82) is 0 Å². The van der Waals surface area contributed by atoms with Crippen molar-refractivity contribution in [3.8, 4) is 11.3 Å². The Morgan fingerprint density at radius 1 is 1.41 bits per heavy atom. The van der Waals surface area contributed by atoms with Gasteiger partial charge in [-0.2, -0.15) is 0 Å². The minimum atomic E-state index is -1.20. The molecule has 1 saturated heterocycles. The van der Waals surface area contributed by atoms with Gasteiger partial charge in [0.25, 0.3) is 5.91 Å². The van der Waals surface area contributed by atoms with Crippen LogP contribution in [-0.4, -0.2) is 57.9 Å². The quantitative estimate of drug-likeness (QED) is 0.485. The van der Waals surface area contributed by atoms with E-state index in [1.54, 1.807) is 17.2 Å². The Balaban J connectivity index is 2.15. The van der Waals surface area contributed by atoms with E-state index in [4.69, 9.17) is 15.5 Å². The molecule has 2 heterocycles. The normalized spacial score (nSPS) is 16.3. The number of aromatic nitrogens is 2. The lowest BCUT2D eigenvalue weighted by molar-refractivity contribution is -0.144. The first-order valence-corrected chi connectivity index (χ1v) is 11.8. The number of rotatable bonds is 11. The Kier molecular flexibility index (Phi) is 9.32. The highest BCUT2D eigenvalue weighted by atomic mass is 19.1. The van der Waals surface area contributed by atoms with Crippen LogP contribution in [0.1, 0.15) is 44.5 Å². The number of carbonyl (C=O) groups is 1. The molecule has 0 aliphatic carbocycles. The molecule has 3 N–H and O–H groups in total. The number of aryl methyl sites for hydroxylation is 1. The molecule has 0 saturated carbocycles. The number of hydrogen-bond donors (Lipinski definition) is 2. The van der Waals surface area contributed by atoms with Crippen LogP contribution >= 0.6 is 0 Å². The average molecular weight is 477 g/mol. The number of amides is 1. The molecule has 0 bridgehead atoms. The van der Waals surface area contributed by atoms with Crippen LogP contribution in [0.2, 0.25) is 0 Å². The van der Waals surface area contributed by atoms with E-state index in [0.29, 0.717) is 64.4 Å². The van der Waals surface area contributed by atoms with E-state index in [9.17, 15) is 18.7 Å². The zero-order chi connectivity index (χ0) is 24.7. The molecule has 34 heavy (non-hydrogen) atoms. The summed E-state index contributed by atoms with van der Waals surface area (Å²) in [5.74, 6) is -0.971. The molecule has 1 aliphatic rings. The van der Waals surface area contributed by atoms with Crippen molar-refractivity contribution in [1.82, 2.24) is 14.5 Å². The maximum atomic E-state index is 14.6. The van der Waals surface area contributed by atoms with Crippen molar-refractivity contribution in [2.45, 2.75) is 51.3 Å². The van der Waals surface area contributed by atoms with Crippen molar-refractivity contribution in [3.05, 3.63) is 54.5 Å². The fourth-order valence-electron chi connectivity index (χ4n) is 4.42. The molecule has 1 amide bonds. The van der Waals surface area contributed by atoms with Gasteiger partial charge in [-0.25, -0.2) is 13.8 Å². The van der Waals surface area contributed by atoms with Gasteiger partial charge in [0, 0.05) is 38.1 Å². The molecule has 1 unspecified atom stereocenters. The van der Waals surface area contributed by atoms with Crippen LogP contribution in [0.3, 0.4) is 0 Å². The molecule has 1 aromatic carbocycles. The second-order valence-electron chi connectivity index (χ2n) is 8.62. The predicted octanol–water partition coefficient (Wildman–Crippen LogP) is 3.43. The van der Waals surface area contributed by atoms with E-state index in [1.165, 1.54) is 6.92 Å². The molecule has 186 valence electrons. The average Bonchev–Trinajstić information content (AvgIpc) is 3.25. The van der Waals surface area contributed by atoms with Crippen molar-refractivity contribution < 1.29 is 23.4 Å². The topological polar surface area (TPSA) is 93.6 Å². The van der Waals surface area contributed by atoms with Crippen LogP contribution in [0.5, 0.6) is 0 Å². The van der Waals surface area contributed by atoms with Crippen molar-refractivity contribution >= 4 is 5.91 Å².